The first kappa shape index (κ1) is 22.7. The molecule has 0 aliphatic heterocycles. The van der Waals surface area contributed by atoms with Gasteiger partial charge in [0.1, 0.15) is 5.75 Å². The van der Waals surface area contributed by atoms with Crippen molar-refractivity contribution in [2.75, 3.05) is 5.75 Å². The Morgan fingerprint density at radius 1 is 1.32 bits per heavy atom. The molecule has 4 nitrogen and oxygen atoms in total. The minimum atomic E-state index is -4.80. The van der Waals surface area contributed by atoms with Crippen molar-refractivity contribution in [3.8, 4) is 0 Å². The van der Waals surface area contributed by atoms with Gasteiger partial charge < -0.3 is 9.87 Å². The molecule has 2 rings (SSSR count). The SMILES string of the molecule is CC[S+]([O-])c1ccc(Cl)cc1CNC(=O)c1cc(Br)c(C=O)c(C(F)(F)F)c1. The molecule has 1 N–H and O–H groups in total. The number of amides is 1. The number of carbonyl (C=O) groups is 2. The third-order valence-electron chi connectivity index (χ3n) is 3.78. The van der Waals surface area contributed by atoms with E-state index >= 15 is 0 Å². The van der Waals surface area contributed by atoms with Gasteiger partial charge in [-0.3, -0.25) is 9.59 Å². The van der Waals surface area contributed by atoms with Crippen LogP contribution < -0.4 is 5.32 Å². The molecule has 1 amide bonds. The van der Waals surface area contributed by atoms with E-state index in [0.717, 1.165) is 6.07 Å². The number of carbonyl (C=O) groups excluding carboxylic acids is 2. The topological polar surface area (TPSA) is 69.2 Å². The molecule has 0 fully saturated rings. The minimum absolute atomic E-state index is 0.0745. The van der Waals surface area contributed by atoms with Crippen molar-refractivity contribution in [1.82, 2.24) is 5.32 Å². The third-order valence-corrected chi connectivity index (χ3v) is 6.09. The van der Waals surface area contributed by atoms with E-state index in [-0.39, 0.29) is 22.9 Å². The monoisotopic (exact) mass is 495 g/mol. The molecule has 2 aromatic carbocycles. The van der Waals surface area contributed by atoms with Gasteiger partial charge in [0.25, 0.3) is 5.91 Å². The number of halogens is 5. The number of benzene rings is 2. The number of aldehydes is 1. The molecule has 1 unspecified atom stereocenters. The average Bonchev–Trinajstić information content (AvgIpc) is 2.64. The number of nitrogens with one attached hydrogen (secondary N) is 1. The first-order chi connectivity index (χ1) is 13.1. The lowest BCUT2D eigenvalue weighted by atomic mass is 10.0. The summed E-state index contributed by atoms with van der Waals surface area (Å²) >= 11 is 7.54. The second-order valence-corrected chi connectivity index (χ2v) is 8.60. The quantitative estimate of drug-likeness (QED) is 0.452. The van der Waals surface area contributed by atoms with E-state index in [4.69, 9.17) is 11.6 Å². The van der Waals surface area contributed by atoms with Gasteiger partial charge in [-0.05, 0) is 48.4 Å². The van der Waals surface area contributed by atoms with E-state index < -0.39 is 34.4 Å². The summed E-state index contributed by atoms with van der Waals surface area (Å²) in [6.45, 7) is 1.66. The zero-order chi connectivity index (χ0) is 21.1. The van der Waals surface area contributed by atoms with Gasteiger partial charge in [0.15, 0.2) is 11.2 Å². The number of hydrogen-bond donors (Lipinski definition) is 1. The van der Waals surface area contributed by atoms with Crippen LogP contribution in [0.5, 0.6) is 0 Å². The molecule has 0 spiro atoms. The molecule has 0 aromatic heterocycles. The maximum absolute atomic E-state index is 13.2. The molecule has 150 valence electrons. The van der Waals surface area contributed by atoms with Crippen LogP contribution in [0.4, 0.5) is 13.2 Å². The summed E-state index contributed by atoms with van der Waals surface area (Å²) in [4.78, 5) is 23.9. The van der Waals surface area contributed by atoms with Gasteiger partial charge in [0, 0.05) is 32.7 Å². The summed E-state index contributed by atoms with van der Waals surface area (Å²) in [6, 6.07) is 6.45. The number of alkyl halides is 3. The highest BCUT2D eigenvalue weighted by atomic mass is 79.9. The predicted octanol–water partition coefficient (Wildman–Crippen LogP) is 4.99. The van der Waals surface area contributed by atoms with Crippen LogP contribution in [0.1, 0.15) is 38.8 Å². The smallest absolute Gasteiger partial charge is 0.417 e. The van der Waals surface area contributed by atoms with Gasteiger partial charge in [-0.2, -0.15) is 13.2 Å². The van der Waals surface area contributed by atoms with Crippen LogP contribution in [-0.2, 0) is 23.9 Å². The Hall–Kier alpha value is -1.55. The molecular formula is C18H14BrClF3NO3S. The van der Waals surface area contributed by atoms with Crippen LogP contribution in [0.25, 0.3) is 0 Å². The number of rotatable bonds is 6. The standard InChI is InChI=1S/C18H14BrClF3NO3S/c1-2-28(27)16-4-3-12(20)5-11(16)8-24-17(26)10-6-14(18(21,22)23)13(9-25)15(19)7-10/h3-7,9H,2,8H2,1H3,(H,24,26). The van der Waals surface area contributed by atoms with Gasteiger partial charge >= 0.3 is 6.18 Å². The molecule has 0 aliphatic rings. The molecule has 10 heteroatoms. The summed E-state index contributed by atoms with van der Waals surface area (Å²) in [7, 11) is 0. The number of hydrogen-bond acceptors (Lipinski definition) is 3. The van der Waals surface area contributed by atoms with Crippen LogP contribution in [0.15, 0.2) is 39.7 Å². The summed E-state index contributed by atoms with van der Waals surface area (Å²) in [5.41, 5.74) is -1.57. The van der Waals surface area contributed by atoms with Crippen molar-refractivity contribution in [2.24, 2.45) is 0 Å². The third kappa shape index (κ3) is 5.28. The van der Waals surface area contributed by atoms with E-state index in [1.165, 1.54) is 6.07 Å². The maximum atomic E-state index is 13.2. The first-order valence-electron chi connectivity index (χ1n) is 7.89. The van der Waals surface area contributed by atoms with E-state index in [9.17, 15) is 27.3 Å². The van der Waals surface area contributed by atoms with Gasteiger partial charge in [-0.1, -0.05) is 27.5 Å². The van der Waals surface area contributed by atoms with Gasteiger partial charge in [0.05, 0.1) is 5.56 Å². The molecule has 28 heavy (non-hydrogen) atoms. The summed E-state index contributed by atoms with van der Waals surface area (Å²) in [5.74, 6) is -0.422. The van der Waals surface area contributed by atoms with Crippen molar-refractivity contribution in [1.29, 1.82) is 0 Å². The molecule has 2 aromatic rings. The second-order valence-electron chi connectivity index (χ2n) is 5.60. The zero-order valence-corrected chi connectivity index (χ0v) is 17.6. The van der Waals surface area contributed by atoms with E-state index in [1.807, 2.05) is 0 Å². The molecular weight excluding hydrogens is 483 g/mol. The Morgan fingerprint density at radius 2 is 2.00 bits per heavy atom. The molecule has 1 atom stereocenters. The van der Waals surface area contributed by atoms with Crippen LogP contribution >= 0.6 is 27.5 Å². The molecule has 0 saturated carbocycles. The summed E-state index contributed by atoms with van der Waals surface area (Å²) in [5, 5.41) is 2.87. The van der Waals surface area contributed by atoms with Gasteiger partial charge in [-0.25, -0.2) is 0 Å². The highest BCUT2D eigenvalue weighted by molar-refractivity contribution is 9.10. The molecule has 0 radical (unpaired) electrons. The van der Waals surface area contributed by atoms with Gasteiger partial charge in [0.2, 0.25) is 0 Å². The lowest BCUT2D eigenvalue weighted by Crippen LogP contribution is -2.25. The second kappa shape index (κ2) is 9.30. The highest BCUT2D eigenvalue weighted by Crippen LogP contribution is 2.35. The Morgan fingerprint density at radius 3 is 2.57 bits per heavy atom. The summed E-state index contributed by atoms with van der Waals surface area (Å²) in [6.07, 6.45) is -4.72. The van der Waals surface area contributed by atoms with E-state index in [0.29, 0.717) is 27.3 Å². The fraction of sp³-hybridized carbons (Fsp3) is 0.222. The molecule has 0 aliphatic carbocycles. The van der Waals surface area contributed by atoms with Crippen LogP contribution in [0.3, 0.4) is 0 Å². The van der Waals surface area contributed by atoms with Gasteiger partial charge in [-0.15, -0.1) is 0 Å². The summed E-state index contributed by atoms with van der Waals surface area (Å²) < 4.78 is 51.5. The van der Waals surface area contributed by atoms with E-state index in [2.05, 4.69) is 21.2 Å². The molecule has 0 bridgehead atoms. The average molecular weight is 497 g/mol. The lowest BCUT2D eigenvalue weighted by Gasteiger charge is -2.15. The van der Waals surface area contributed by atoms with Crippen molar-refractivity contribution in [3.63, 3.8) is 0 Å². The van der Waals surface area contributed by atoms with Crippen molar-refractivity contribution < 1.29 is 27.3 Å². The fourth-order valence-electron chi connectivity index (χ4n) is 2.44. The Kier molecular flexibility index (Phi) is 7.55. The predicted molar refractivity (Wildman–Crippen MR) is 104 cm³/mol. The van der Waals surface area contributed by atoms with Crippen molar-refractivity contribution in [2.45, 2.75) is 24.5 Å². The molecule has 0 saturated heterocycles. The van der Waals surface area contributed by atoms with Crippen LogP contribution in [-0.4, -0.2) is 22.5 Å². The normalized spacial score (nSPS) is 12.5. The fourth-order valence-corrected chi connectivity index (χ4v) is 4.15. The van der Waals surface area contributed by atoms with Crippen LogP contribution in [0.2, 0.25) is 5.02 Å². The Balaban J connectivity index is 2.31. The van der Waals surface area contributed by atoms with Crippen LogP contribution in [0, 0.1) is 0 Å². The van der Waals surface area contributed by atoms with E-state index in [1.54, 1.807) is 19.1 Å². The van der Waals surface area contributed by atoms with Crippen molar-refractivity contribution in [3.05, 3.63) is 62.1 Å². The zero-order valence-electron chi connectivity index (χ0n) is 14.4. The lowest BCUT2D eigenvalue weighted by molar-refractivity contribution is -0.137. The Labute approximate surface area is 175 Å². The molecule has 0 heterocycles. The minimum Gasteiger partial charge on any atom is -0.611 e. The maximum Gasteiger partial charge on any atom is 0.417 e. The Bertz CT molecular complexity index is 908. The first-order valence-corrected chi connectivity index (χ1v) is 10.4. The van der Waals surface area contributed by atoms with Crippen molar-refractivity contribution >= 4 is 50.9 Å². The highest BCUT2D eigenvalue weighted by Gasteiger charge is 2.35. The largest absolute Gasteiger partial charge is 0.611 e.